The monoisotopic (exact) mass is 714 g/mol. The number of hydrogen-bond acceptors (Lipinski definition) is 2. The van der Waals surface area contributed by atoms with Gasteiger partial charge >= 0.3 is 0 Å². The first-order chi connectivity index (χ1) is 25.2. The van der Waals surface area contributed by atoms with Gasteiger partial charge in [0.2, 0.25) is 0 Å². The zero-order valence-corrected chi connectivity index (χ0v) is 33.7. The van der Waals surface area contributed by atoms with E-state index in [4.69, 9.17) is 11.6 Å². The van der Waals surface area contributed by atoms with Crippen LogP contribution >= 0.6 is 11.6 Å². The predicted molar refractivity (Wildman–Crippen MR) is 230 cm³/mol. The lowest BCUT2D eigenvalue weighted by Gasteiger charge is -2.39. The number of allylic oxidation sites excluding steroid dienone is 9. The zero-order valence-electron chi connectivity index (χ0n) is 33.0. The van der Waals surface area contributed by atoms with E-state index in [1.807, 2.05) is 0 Å². The van der Waals surface area contributed by atoms with E-state index in [1.165, 1.54) is 101 Å². The van der Waals surface area contributed by atoms with E-state index in [-0.39, 0.29) is 5.41 Å². The molecule has 1 fully saturated rings. The summed E-state index contributed by atoms with van der Waals surface area (Å²) in [4.78, 5) is 2.57. The molecule has 0 spiro atoms. The number of anilines is 2. The molecule has 276 valence electrons. The van der Waals surface area contributed by atoms with E-state index in [0.717, 1.165) is 50.2 Å². The third-order valence-corrected chi connectivity index (χ3v) is 12.3. The minimum absolute atomic E-state index is 0.130. The van der Waals surface area contributed by atoms with Gasteiger partial charge in [0.15, 0.2) is 0 Å². The Labute approximate surface area is 320 Å². The molecular formula is C49H63ClN2. The van der Waals surface area contributed by atoms with Crippen molar-refractivity contribution in [2.75, 3.05) is 23.3 Å². The first-order valence-electron chi connectivity index (χ1n) is 20.5. The Bertz CT molecular complexity index is 1860. The molecular weight excluding hydrogens is 652 g/mol. The molecule has 1 aliphatic heterocycles. The lowest BCUT2D eigenvalue weighted by molar-refractivity contribution is 0.298. The molecule has 1 heterocycles. The number of hydrogen-bond donors (Lipinski definition) is 1. The van der Waals surface area contributed by atoms with E-state index < -0.39 is 0 Å². The maximum atomic E-state index is 7.22. The zero-order chi connectivity index (χ0) is 36.7. The molecule has 2 nitrogen and oxygen atoms in total. The molecule has 3 aromatic rings. The van der Waals surface area contributed by atoms with Crippen molar-refractivity contribution in [3.05, 3.63) is 123 Å². The SMILES string of the molecule is CC/C=C\c1c(C)ccc2c1C/C(=C\C=C1/CCC(/C=C/CC3(c4c(NCCC(C)C)ccc5ccccc45)CCCCC3)=C1Cl)N2CCC(C)C. The standard InChI is InChI=1S/C49H63ClN2/c1-7-8-17-42-37(6)19-26-46-44(42)34-41(52(46)33-28-36(4)5)24-22-40-21-20-39(48(40)50)16-14-31-49(29-12-9-13-30-49)47-43-18-11-10-15-38(43)23-25-45(47)51-32-27-35(2)3/h8,10-11,14-19,22-26,35-36,51H,7,9,12-13,20-21,27-34H2,1-6H3/b16-14+,17-8-,40-22+,41-24+. The van der Waals surface area contributed by atoms with E-state index in [0.29, 0.717) is 11.8 Å². The third kappa shape index (κ3) is 8.65. The Balaban J connectivity index is 1.27. The highest BCUT2D eigenvalue weighted by molar-refractivity contribution is 6.33. The Morgan fingerprint density at radius 3 is 2.42 bits per heavy atom. The topological polar surface area (TPSA) is 15.3 Å². The summed E-state index contributed by atoms with van der Waals surface area (Å²) in [7, 11) is 0. The summed E-state index contributed by atoms with van der Waals surface area (Å²) in [6, 6.07) is 18.4. The average Bonchev–Trinajstić information content (AvgIpc) is 3.67. The summed E-state index contributed by atoms with van der Waals surface area (Å²) in [5, 5.41) is 7.63. The van der Waals surface area contributed by atoms with E-state index in [1.54, 1.807) is 5.56 Å². The molecule has 3 aromatic carbocycles. The Hall–Kier alpha value is -3.49. The maximum absolute atomic E-state index is 7.22. The predicted octanol–water partition coefficient (Wildman–Crippen LogP) is 14.4. The lowest BCUT2D eigenvalue weighted by atomic mass is 9.65. The Morgan fingerprint density at radius 1 is 0.865 bits per heavy atom. The lowest BCUT2D eigenvalue weighted by Crippen LogP contribution is -2.30. The molecule has 0 aromatic heterocycles. The van der Waals surface area contributed by atoms with Crippen LogP contribution < -0.4 is 10.2 Å². The number of benzene rings is 3. The first kappa shape index (κ1) is 38.2. The minimum atomic E-state index is 0.130. The second-order valence-electron chi connectivity index (χ2n) is 16.6. The van der Waals surface area contributed by atoms with Crippen LogP contribution in [0.25, 0.3) is 16.8 Å². The van der Waals surface area contributed by atoms with E-state index in [9.17, 15) is 0 Å². The van der Waals surface area contributed by atoms with Crippen LogP contribution in [0.1, 0.15) is 128 Å². The third-order valence-electron chi connectivity index (χ3n) is 11.8. The van der Waals surface area contributed by atoms with Crippen molar-refractivity contribution in [3.8, 4) is 0 Å². The van der Waals surface area contributed by atoms with E-state index >= 15 is 0 Å². The van der Waals surface area contributed by atoms with Crippen molar-refractivity contribution < 1.29 is 0 Å². The fourth-order valence-electron chi connectivity index (χ4n) is 8.81. The summed E-state index contributed by atoms with van der Waals surface area (Å²) in [5.41, 5.74) is 12.6. The number of halogens is 1. The summed E-state index contributed by atoms with van der Waals surface area (Å²) in [5.74, 6) is 1.35. The molecule has 3 heteroatoms. The van der Waals surface area contributed by atoms with Crippen LogP contribution in [0.15, 0.2) is 101 Å². The Morgan fingerprint density at radius 2 is 1.65 bits per heavy atom. The number of rotatable bonds is 14. The molecule has 52 heavy (non-hydrogen) atoms. The normalized spacial score (nSPS) is 19.2. The van der Waals surface area contributed by atoms with Crippen molar-refractivity contribution in [3.63, 3.8) is 0 Å². The van der Waals surface area contributed by atoms with Gasteiger partial charge in [-0.2, -0.15) is 0 Å². The molecule has 2 aliphatic carbocycles. The van der Waals surface area contributed by atoms with Gasteiger partial charge in [-0.05, 0) is 133 Å². The van der Waals surface area contributed by atoms with Gasteiger partial charge in [-0.15, -0.1) is 0 Å². The number of nitrogens with one attached hydrogen (secondary N) is 1. The van der Waals surface area contributed by atoms with Crippen LogP contribution in [-0.2, 0) is 11.8 Å². The molecule has 0 bridgehead atoms. The van der Waals surface area contributed by atoms with Gasteiger partial charge in [0.25, 0.3) is 0 Å². The maximum Gasteiger partial charge on any atom is 0.0470 e. The molecule has 0 unspecified atom stereocenters. The number of aryl methyl sites for hydroxylation is 1. The second-order valence-corrected chi connectivity index (χ2v) is 16.9. The van der Waals surface area contributed by atoms with Crippen molar-refractivity contribution >= 4 is 39.8 Å². The smallest absolute Gasteiger partial charge is 0.0470 e. The van der Waals surface area contributed by atoms with Gasteiger partial charge in [0.05, 0.1) is 0 Å². The highest BCUT2D eigenvalue weighted by atomic mass is 35.5. The summed E-state index contributed by atoms with van der Waals surface area (Å²) >= 11 is 7.22. The van der Waals surface area contributed by atoms with Crippen molar-refractivity contribution in [2.24, 2.45) is 11.8 Å². The van der Waals surface area contributed by atoms with Crippen molar-refractivity contribution in [2.45, 2.75) is 124 Å². The van der Waals surface area contributed by atoms with Crippen LogP contribution in [0, 0.1) is 18.8 Å². The fraction of sp³-hybridized carbons (Fsp3) is 0.469. The van der Waals surface area contributed by atoms with Crippen molar-refractivity contribution in [1.29, 1.82) is 0 Å². The molecule has 0 saturated heterocycles. The number of nitrogens with zero attached hydrogens (tertiary/aromatic N) is 1. The molecule has 3 aliphatic rings. The first-order valence-corrected chi connectivity index (χ1v) is 20.9. The van der Waals surface area contributed by atoms with Crippen LogP contribution in [0.4, 0.5) is 11.4 Å². The molecule has 1 saturated carbocycles. The molecule has 0 amide bonds. The summed E-state index contributed by atoms with van der Waals surface area (Å²) < 4.78 is 0. The second kappa shape index (κ2) is 17.6. The molecule has 6 rings (SSSR count). The highest BCUT2D eigenvalue weighted by Crippen LogP contribution is 2.49. The van der Waals surface area contributed by atoms with Gasteiger partial charge in [-0.25, -0.2) is 0 Å². The van der Waals surface area contributed by atoms with Gasteiger partial charge in [-0.1, -0.05) is 132 Å². The highest BCUT2D eigenvalue weighted by Gasteiger charge is 2.36. The van der Waals surface area contributed by atoms with Crippen LogP contribution in [0.3, 0.4) is 0 Å². The van der Waals surface area contributed by atoms with Gasteiger partial charge < -0.3 is 10.2 Å². The van der Waals surface area contributed by atoms with Gasteiger partial charge in [0.1, 0.15) is 0 Å². The Kier molecular flexibility index (Phi) is 12.9. The summed E-state index contributed by atoms with van der Waals surface area (Å²) in [6.07, 6.45) is 28.0. The minimum Gasteiger partial charge on any atom is -0.385 e. The molecule has 1 N–H and O–H groups in total. The van der Waals surface area contributed by atoms with Crippen LogP contribution in [0.5, 0.6) is 0 Å². The van der Waals surface area contributed by atoms with Crippen LogP contribution in [-0.4, -0.2) is 13.1 Å². The van der Waals surface area contributed by atoms with Crippen molar-refractivity contribution in [1.82, 2.24) is 0 Å². The quantitative estimate of drug-likeness (QED) is 0.179. The van der Waals surface area contributed by atoms with Gasteiger partial charge in [0, 0.05) is 47.0 Å². The average molecular weight is 716 g/mol. The van der Waals surface area contributed by atoms with Gasteiger partial charge in [-0.3, -0.25) is 0 Å². The van der Waals surface area contributed by atoms with Crippen LogP contribution in [0.2, 0.25) is 0 Å². The van der Waals surface area contributed by atoms with E-state index in [2.05, 4.69) is 137 Å². The molecule has 0 radical (unpaired) electrons. The molecule has 0 atom stereocenters. The largest absolute Gasteiger partial charge is 0.385 e. The fourth-order valence-corrected chi connectivity index (χ4v) is 9.13. The summed E-state index contributed by atoms with van der Waals surface area (Å²) in [6.45, 7) is 15.8. The number of fused-ring (bicyclic) bond motifs is 2.